The van der Waals surface area contributed by atoms with Crippen molar-refractivity contribution in [2.75, 3.05) is 39.3 Å². The van der Waals surface area contributed by atoms with Gasteiger partial charge in [0, 0.05) is 26.2 Å². The second-order valence-corrected chi connectivity index (χ2v) is 6.16. The van der Waals surface area contributed by atoms with Gasteiger partial charge in [-0.1, -0.05) is 12.1 Å². The number of amides is 2. The third kappa shape index (κ3) is 5.96. The number of benzene rings is 1. The van der Waals surface area contributed by atoms with Crippen molar-refractivity contribution in [1.29, 1.82) is 0 Å². The summed E-state index contributed by atoms with van der Waals surface area (Å²) in [6.45, 7) is 5.90. The number of hydrogen-bond acceptors (Lipinski definition) is 3. The van der Waals surface area contributed by atoms with Crippen LogP contribution in [-0.2, 0) is 0 Å². The Morgan fingerprint density at radius 2 is 2.00 bits per heavy atom. The number of nitrogens with one attached hydrogen (secondary N) is 1. The topological polar surface area (TPSA) is 44.8 Å². The standard InChI is InChI=1S/C17H25F2N3O2/c1-13-4-3-5-15(10-13)24-12-14(2)20-17(23)22-8-6-21(7-9-22)11-16(18)19/h3-5,10,14,16H,6-9,11-12H2,1-2H3,(H,20,23). The van der Waals surface area contributed by atoms with Crippen LogP contribution < -0.4 is 10.1 Å². The normalized spacial score (nSPS) is 17.0. The number of piperazine rings is 1. The predicted octanol–water partition coefficient (Wildman–Crippen LogP) is 2.35. The summed E-state index contributed by atoms with van der Waals surface area (Å²) in [4.78, 5) is 15.5. The highest BCUT2D eigenvalue weighted by Gasteiger charge is 2.23. The highest BCUT2D eigenvalue weighted by atomic mass is 19.3. The minimum atomic E-state index is -2.33. The lowest BCUT2D eigenvalue weighted by molar-refractivity contribution is 0.0631. The van der Waals surface area contributed by atoms with Gasteiger partial charge in [0.05, 0.1) is 12.6 Å². The molecule has 2 rings (SSSR count). The van der Waals surface area contributed by atoms with Crippen molar-refractivity contribution in [2.24, 2.45) is 0 Å². The van der Waals surface area contributed by atoms with Crippen molar-refractivity contribution in [3.05, 3.63) is 29.8 Å². The van der Waals surface area contributed by atoms with Gasteiger partial charge in [0.15, 0.2) is 0 Å². The third-order valence-electron chi connectivity index (χ3n) is 3.92. The van der Waals surface area contributed by atoms with Crippen molar-refractivity contribution >= 4 is 6.03 Å². The molecule has 1 unspecified atom stereocenters. The van der Waals surface area contributed by atoms with Gasteiger partial charge >= 0.3 is 6.03 Å². The first-order valence-electron chi connectivity index (χ1n) is 8.19. The zero-order valence-corrected chi connectivity index (χ0v) is 14.2. The number of carbonyl (C=O) groups is 1. The summed E-state index contributed by atoms with van der Waals surface area (Å²) < 4.78 is 30.4. The molecule has 1 N–H and O–H groups in total. The highest BCUT2D eigenvalue weighted by Crippen LogP contribution is 2.12. The molecular formula is C17H25F2N3O2. The van der Waals surface area contributed by atoms with Crippen LogP contribution in [0.2, 0.25) is 0 Å². The van der Waals surface area contributed by atoms with Gasteiger partial charge in [-0.2, -0.15) is 0 Å². The maximum absolute atomic E-state index is 12.3. The zero-order chi connectivity index (χ0) is 17.5. The van der Waals surface area contributed by atoms with Crippen molar-refractivity contribution in [1.82, 2.24) is 15.1 Å². The molecule has 1 fully saturated rings. The fraction of sp³-hybridized carbons (Fsp3) is 0.588. The van der Waals surface area contributed by atoms with E-state index in [1.807, 2.05) is 38.1 Å². The van der Waals surface area contributed by atoms with Crippen LogP contribution in [0, 0.1) is 6.92 Å². The molecule has 1 aromatic carbocycles. The number of aryl methyl sites for hydroxylation is 1. The molecule has 0 bridgehead atoms. The second-order valence-electron chi connectivity index (χ2n) is 6.16. The molecule has 24 heavy (non-hydrogen) atoms. The van der Waals surface area contributed by atoms with Crippen molar-refractivity contribution in [2.45, 2.75) is 26.3 Å². The van der Waals surface area contributed by atoms with E-state index in [1.54, 1.807) is 9.80 Å². The fourth-order valence-corrected chi connectivity index (χ4v) is 2.60. The van der Waals surface area contributed by atoms with E-state index in [1.165, 1.54) is 0 Å². The van der Waals surface area contributed by atoms with Gasteiger partial charge in [0.25, 0.3) is 6.43 Å². The first-order chi connectivity index (χ1) is 11.4. The molecule has 134 valence electrons. The lowest BCUT2D eigenvalue weighted by Gasteiger charge is -2.35. The van der Waals surface area contributed by atoms with Gasteiger partial charge in [-0.05, 0) is 31.5 Å². The first-order valence-corrected chi connectivity index (χ1v) is 8.19. The zero-order valence-electron chi connectivity index (χ0n) is 14.2. The molecule has 1 heterocycles. The van der Waals surface area contributed by atoms with Crippen LogP contribution in [0.25, 0.3) is 0 Å². The van der Waals surface area contributed by atoms with Gasteiger partial charge in [0.1, 0.15) is 12.4 Å². The lowest BCUT2D eigenvalue weighted by Crippen LogP contribution is -2.54. The van der Waals surface area contributed by atoms with Gasteiger partial charge in [0.2, 0.25) is 0 Å². The number of halogens is 2. The van der Waals surface area contributed by atoms with Crippen molar-refractivity contribution in [3.8, 4) is 5.75 Å². The summed E-state index contributed by atoms with van der Waals surface area (Å²) in [6.07, 6.45) is -2.33. The number of ether oxygens (including phenoxy) is 1. The number of nitrogens with zero attached hydrogens (tertiary/aromatic N) is 2. The van der Waals surface area contributed by atoms with E-state index in [0.717, 1.165) is 11.3 Å². The quantitative estimate of drug-likeness (QED) is 0.864. The Bertz CT molecular complexity index is 534. The lowest BCUT2D eigenvalue weighted by atomic mass is 10.2. The van der Waals surface area contributed by atoms with Crippen molar-refractivity contribution < 1.29 is 18.3 Å². The van der Waals surface area contributed by atoms with Crippen molar-refractivity contribution in [3.63, 3.8) is 0 Å². The Kier molecular flexibility index (Phi) is 6.78. The SMILES string of the molecule is Cc1cccc(OCC(C)NC(=O)N2CCN(CC(F)F)CC2)c1. The molecule has 0 aliphatic carbocycles. The molecule has 2 amide bonds. The summed E-state index contributed by atoms with van der Waals surface area (Å²) in [5.74, 6) is 0.775. The summed E-state index contributed by atoms with van der Waals surface area (Å²) in [5.41, 5.74) is 1.12. The monoisotopic (exact) mass is 341 g/mol. The molecule has 1 saturated heterocycles. The van der Waals surface area contributed by atoms with Crippen LogP contribution in [0.3, 0.4) is 0 Å². The summed E-state index contributed by atoms with van der Waals surface area (Å²) >= 11 is 0. The number of carbonyl (C=O) groups excluding carboxylic acids is 1. The summed E-state index contributed by atoms with van der Waals surface area (Å²) in [5, 5.41) is 2.89. The molecule has 0 radical (unpaired) electrons. The largest absolute Gasteiger partial charge is 0.491 e. The Morgan fingerprint density at radius 1 is 1.29 bits per heavy atom. The molecule has 1 aromatic rings. The van der Waals surface area contributed by atoms with Crippen LogP contribution in [0.15, 0.2) is 24.3 Å². The number of urea groups is 1. The van der Waals surface area contributed by atoms with Crippen LogP contribution in [0.5, 0.6) is 5.75 Å². The molecule has 1 atom stereocenters. The first kappa shape index (κ1) is 18.4. The van der Waals surface area contributed by atoms with Gasteiger partial charge in [-0.15, -0.1) is 0 Å². The maximum Gasteiger partial charge on any atom is 0.317 e. The summed E-state index contributed by atoms with van der Waals surface area (Å²) in [7, 11) is 0. The minimum Gasteiger partial charge on any atom is -0.491 e. The molecule has 1 aliphatic rings. The molecule has 0 spiro atoms. The van der Waals surface area contributed by atoms with E-state index >= 15 is 0 Å². The molecule has 0 saturated carbocycles. The fourth-order valence-electron chi connectivity index (χ4n) is 2.60. The van der Waals surface area contributed by atoms with Crippen LogP contribution in [0.4, 0.5) is 13.6 Å². The average Bonchev–Trinajstić information content (AvgIpc) is 2.53. The second kappa shape index (κ2) is 8.82. The van der Waals surface area contributed by atoms with Gasteiger partial charge in [-0.3, -0.25) is 4.90 Å². The van der Waals surface area contributed by atoms with E-state index in [4.69, 9.17) is 4.74 Å². The average molecular weight is 341 g/mol. The maximum atomic E-state index is 12.3. The van der Waals surface area contributed by atoms with Crippen LogP contribution >= 0.6 is 0 Å². The number of rotatable bonds is 6. The van der Waals surface area contributed by atoms with E-state index in [0.29, 0.717) is 32.8 Å². The molecule has 5 nitrogen and oxygen atoms in total. The van der Waals surface area contributed by atoms with E-state index in [-0.39, 0.29) is 18.6 Å². The highest BCUT2D eigenvalue weighted by molar-refractivity contribution is 5.74. The third-order valence-corrected chi connectivity index (χ3v) is 3.92. The van der Waals surface area contributed by atoms with Gasteiger partial charge in [-0.25, -0.2) is 13.6 Å². The molecule has 0 aromatic heterocycles. The number of hydrogen-bond donors (Lipinski definition) is 1. The van der Waals surface area contributed by atoms with Crippen LogP contribution in [-0.4, -0.2) is 67.6 Å². The smallest absolute Gasteiger partial charge is 0.317 e. The molecular weight excluding hydrogens is 316 g/mol. The Morgan fingerprint density at radius 3 is 2.62 bits per heavy atom. The Hall–Kier alpha value is -1.89. The Labute approximate surface area is 141 Å². The Balaban J connectivity index is 1.70. The van der Waals surface area contributed by atoms with E-state index < -0.39 is 6.43 Å². The van der Waals surface area contributed by atoms with Gasteiger partial charge < -0.3 is 15.0 Å². The minimum absolute atomic E-state index is 0.142. The molecule has 1 aliphatic heterocycles. The molecule has 7 heteroatoms. The number of alkyl halides is 2. The predicted molar refractivity (Wildman–Crippen MR) is 88.7 cm³/mol. The van der Waals surface area contributed by atoms with E-state index in [2.05, 4.69) is 5.32 Å². The van der Waals surface area contributed by atoms with Crippen LogP contribution in [0.1, 0.15) is 12.5 Å². The summed E-state index contributed by atoms with van der Waals surface area (Å²) in [6, 6.07) is 7.42. The van der Waals surface area contributed by atoms with E-state index in [9.17, 15) is 13.6 Å².